The predicted molar refractivity (Wildman–Crippen MR) is 119 cm³/mol. The van der Waals surface area contributed by atoms with Crippen LogP contribution in [0, 0.1) is 0 Å². The number of rotatable bonds is 5. The number of benzene rings is 3. The van der Waals surface area contributed by atoms with Gasteiger partial charge in [-0.2, -0.15) is 5.10 Å². The average molecular weight is 395 g/mol. The second-order valence-corrected chi connectivity index (χ2v) is 6.94. The Balaban J connectivity index is 1.62. The first-order valence-corrected chi connectivity index (χ1v) is 9.74. The largest absolute Gasteiger partial charge is 0.324 e. The number of aromatic nitrogens is 2. The van der Waals surface area contributed by atoms with E-state index < -0.39 is 6.04 Å². The Morgan fingerprint density at radius 3 is 2.10 bits per heavy atom. The van der Waals surface area contributed by atoms with Gasteiger partial charge in [-0.05, 0) is 24.6 Å². The molecule has 0 aliphatic carbocycles. The molecule has 5 nitrogen and oxygen atoms in total. The third-order valence-electron chi connectivity index (χ3n) is 4.91. The van der Waals surface area contributed by atoms with Crippen LogP contribution in [0.1, 0.15) is 13.0 Å². The SMILES string of the molecule is C[C@@H](C(=O)Nc1ccccc1-c1ccccc1)n1nc(-c2ccccc2)ccc1=O. The molecule has 1 aromatic heterocycles. The Labute approximate surface area is 174 Å². The standard InChI is InChI=1S/C25H21N3O2/c1-18(28-24(29)17-16-22(27-28)20-12-6-3-7-13-20)25(30)26-23-15-9-8-14-21(23)19-10-4-2-5-11-19/h2-18H,1H3,(H,26,30)/t18-/m0/s1. The van der Waals surface area contributed by atoms with Crippen LogP contribution in [0.25, 0.3) is 22.4 Å². The van der Waals surface area contributed by atoms with E-state index in [1.54, 1.807) is 13.0 Å². The van der Waals surface area contributed by atoms with E-state index in [1.165, 1.54) is 10.7 Å². The zero-order valence-corrected chi connectivity index (χ0v) is 16.5. The maximum Gasteiger partial charge on any atom is 0.267 e. The minimum atomic E-state index is -0.773. The van der Waals surface area contributed by atoms with Gasteiger partial charge >= 0.3 is 0 Å². The smallest absolute Gasteiger partial charge is 0.267 e. The molecular weight excluding hydrogens is 374 g/mol. The molecule has 0 spiro atoms. The highest BCUT2D eigenvalue weighted by Gasteiger charge is 2.19. The van der Waals surface area contributed by atoms with E-state index in [0.717, 1.165) is 16.7 Å². The number of para-hydroxylation sites is 1. The van der Waals surface area contributed by atoms with Gasteiger partial charge in [-0.25, -0.2) is 4.68 Å². The van der Waals surface area contributed by atoms with E-state index in [1.807, 2.05) is 84.9 Å². The van der Waals surface area contributed by atoms with E-state index in [9.17, 15) is 9.59 Å². The normalized spacial score (nSPS) is 11.6. The molecule has 0 aliphatic rings. The van der Waals surface area contributed by atoms with Crippen molar-refractivity contribution in [2.45, 2.75) is 13.0 Å². The Hall–Kier alpha value is -3.99. The quantitative estimate of drug-likeness (QED) is 0.529. The van der Waals surface area contributed by atoms with Gasteiger partial charge in [0.05, 0.1) is 5.69 Å². The summed E-state index contributed by atoms with van der Waals surface area (Å²) in [7, 11) is 0. The molecule has 1 heterocycles. The van der Waals surface area contributed by atoms with Gasteiger partial charge in [0.2, 0.25) is 5.91 Å². The predicted octanol–water partition coefficient (Wildman–Crippen LogP) is 4.78. The van der Waals surface area contributed by atoms with Crippen molar-refractivity contribution >= 4 is 11.6 Å². The van der Waals surface area contributed by atoms with Crippen LogP contribution >= 0.6 is 0 Å². The molecule has 4 aromatic rings. The molecule has 1 N–H and O–H groups in total. The van der Waals surface area contributed by atoms with Crippen molar-refractivity contribution in [1.29, 1.82) is 0 Å². The molecule has 148 valence electrons. The molecule has 0 bridgehead atoms. The highest BCUT2D eigenvalue weighted by Crippen LogP contribution is 2.28. The summed E-state index contributed by atoms with van der Waals surface area (Å²) in [5.74, 6) is -0.307. The van der Waals surface area contributed by atoms with Gasteiger partial charge in [0.25, 0.3) is 5.56 Å². The summed E-state index contributed by atoms with van der Waals surface area (Å²) in [6.45, 7) is 1.67. The molecule has 0 unspecified atom stereocenters. The van der Waals surface area contributed by atoms with E-state index >= 15 is 0 Å². The van der Waals surface area contributed by atoms with Crippen molar-refractivity contribution in [3.05, 3.63) is 107 Å². The van der Waals surface area contributed by atoms with Crippen molar-refractivity contribution < 1.29 is 4.79 Å². The molecule has 4 rings (SSSR count). The van der Waals surface area contributed by atoms with Gasteiger partial charge in [-0.15, -0.1) is 0 Å². The van der Waals surface area contributed by atoms with Gasteiger partial charge in [0.15, 0.2) is 0 Å². The number of nitrogens with zero attached hydrogens (tertiary/aromatic N) is 2. The first-order chi connectivity index (χ1) is 14.6. The lowest BCUT2D eigenvalue weighted by molar-refractivity contribution is -0.119. The fourth-order valence-corrected chi connectivity index (χ4v) is 3.28. The Kier molecular flexibility index (Phi) is 5.52. The Morgan fingerprint density at radius 1 is 0.800 bits per heavy atom. The molecule has 3 aromatic carbocycles. The van der Waals surface area contributed by atoms with Crippen LogP contribution in [0.3, 0.4) is 0 Å². The second-order valence-electron chi connectivity index (χ2n) is 6.94. The second kappa shape index (κ2) is 8.57. The van der Waals surface area contributed by atoms with Gasteiger partial charge in [0.1, 0.15) is 6.04 Å². The number of carbonyl (C=O) groups excluding carboxylic acids is 1. The van der Waals surface area contributed by atoms with Crippen LogP contribution in [0.4, 0.5) is 5.69 Å². The van der Waals surface area contributed by atoms with Crippen LogP contribution in [-0.4, -0.2) is 15.7 Å². The average Bonchev–Trinajstić information content (AvgIpc) is 2.80. The highest BCUT2D eigenvalue weighted by molar-refractivity contribution is 5.97. The lowest BCUT2D eigenvalue weighted by atomic mass is 10.0. The topological polar surface area (TPSA) is 64.0 Å². The Morgan fingerprint density at radius 2 is 1.40 bits per heavy atom. The highest BCUT2D eigenvalue weighted by atomic mass is 16.2. The number of carbonyl (C=O) groups is 1. The zero-order valence-electron chi connectivity index (χ0n) is 16.5. The molecular formula is C25H21N3O2. The molecule has 0 saturated carbocycles. The first-order valence-electron chi connectivity index (χ1n) is 9.74. The summed E-state index contributed by atoms with van der Waals surface area (Å²) < 4.78 is 1.22. The van der Waals surface area contributed by atoms with Gasteiger partial charge in [0, 0.05) is 22.9 Å². The minimum absolute atomic E-state index is 0.307. The molecule has 0 aliphatic heterocycles. The number of hydrogen-bond donors (Lipinski definition) is 1. The fourth-order valence-electron chi connectivity index (χ4n) is 3.28. The van der Waals surface area contributed by atoms with E-state index in [-0.39, 0.29) is 11.5 Å². The van der Waals surface area contributed by atoms with Crippen molar-refractivity contribution in [3.63, 3.8) is 0 Å². The summed E-state index contributed by atoms with van der Waals surface area (Å²) in [5, 5.41) is 7.38. The lowest BCUT2D eigenvalue weighted by Crippen LogP contribution is -2.33. The van der Waals surface area contributed by atoms with Crippen molar-refractivity contribution in [2.24, 2.45) is 0 Å². The molecule has 0 saturated heterocycles. The zero-order chi connectivity index (χ0) is 20.9. The molecule has 0 radical (unpaired) electrons. The maximum absolute atomic E-state index is 13.0. The van der Waals surface area contributed by atoms with Crippen molar-refractivity contribution in [2.75, 3.05) is 5.32 Å². The summed E-state index contributed by atoms with van der Waals surface area (Å²) >= 11 is 0. The molecule has 0 fully saturated rings. The minimum Gasteiger partial charge on any atom is -0.324 e. The summed E-state index contributed by atoms with van der Waals surface area (Å²) in [4.78, 5) is 25.4. The number of nitrogens with one attached hydrogen (secondary N) is 1. The van der Waals surface area contributed by atoms with Gasteiger partial charge in [-0.3, -0.25) is 9.59 Å². The maximum atomic E-state index is 13.0. The van der Waals surface area contributed by atoms with Crippen LogP contribution in [0.15, 0.2) is 102 Å². The van der Waals surface area contributed by atoms with Crippen LogP contribution in [-0.2, 0) is 4.79 Å². The molecule has 1 atom stereocenters. The number of amides is 1. The summed E-state index contributed by atoms with van der Waals surface area (Å²) in [6, 6.07) is 29.3. The molecule has 30 heavy (non-hydrogen) atoms. The van der Waals surface area contributed by atoms with Gasteiger partial charge in [-0.1, -0.05) is 78.9 Å². The van der Waals surface area contributed by atoms with E-state index in [0.29, 0.717) is 11.4 Å². The number of hydrogen-bond acceptors (Lipinski definition) is 3. The van der Waals surface area contributed by atoms with Crippen molar-refractivity contribution in [3.8, 4) is 22.4 Å². The fraction of sp³-hybridized carbons (Fsp3) is 0.0800. The lowest BCUT2D eigenvalue weighted by Gasteiger charge is -2.17. The number of anilines is 1. The molecule has 1 amide bonds. The van der Waals surface area contributed by atoms with E-state index in [4.69, 9.17) is 0 Å². The van der Waals surface area contributed by atoms with Crippen molar-refractivity contribution in [1.82, 2.24) is 9.78 Å². The van der Waals surface area contributed by atoms with Gasteiger partial charge < -0.3 is 5.32 Å². The van der Waals surface area contributed by atoms with E-state index in [2.05, 4.69) is 10.4 Å². The first kappa shape index (κ1) is 19.3. The molecule has 5 heteroatoms. The third kappa shape index (κ3) is 4.05. The Bertz CT molecular complexity index is 1220. The third-order valence-corrected chi connectivity index (χ3v) is 4.91. The van der Waals surface area contributed by atoms with Crippen LogP contribution < -0.4 is 10.9 Å². The van der Waals surface area contributed by atoms with Crippen LogP contribution in [0.2, 0.25) is 0 Å². The summed E-state index contributed by atoms with van der Waals surface area (Å²) in [6.07, 6.45) is 0. The van der Waals surface area contributed by atoms with Crippen LogP contribution in [0.5, 0.6) is 0 Å². The summed E-state index contributed by atoms with van der Waals surface area (Å²) in [5.41, 5.74) is 3.80. The monoisotopic (exact) mass is 395 g/mol.